The third kappa shape index (κ3) is 4.59. The van der Waals surface area contributed by atoms with Crippen LogP contribution in [0.15, 0.2) is 57.8 Å². The van der Waals surface area contributed by atoms with E-state index in [1.54, 1.807) is 0 Å². The van der Waals surface area contributed by atoms with E-state index in [9.17, 15) is 19.1 Å². The van der Waals surface area contributed by atoms with Crippen LogP contribution in [0.5, 0.6) is 5.75 Å². The van der Waals surface area contributed by atoms with Crippen molar-refractivity contribution in [1.29, 1.82) is 0 Å². The maximum atomic E-state index is 12.9. The summed E-state index contributed by atoms with van der Waals surface area (Å²) in [6.07, 6.45) is 0.273. The smallest absolute Gasteiger partial charge is 0.293 e. The number of hydrogen-bond donors (Lipinski definition) is 3. The van der Waals surface area contributed by atoms with Gasteiger partial charge in [-0.1, -0.05) is 46.3 Å². The van der Waals surface area contributed by atoms with Crippen molar-refractivity contribution in [2.24, 2.45) is 0 Å². The summed E-state index contributed by atoms with van der Waals surface area (Å²) in [7, 11) is 0. The summed E-state index contributed by atoms with van der Waals surface area (Å²) in [6.45, 7) is 0.104. The first-order chi connectivity index (χ1) is 12.9. The zero-order chi connectivity index (χ0) is 19.4. The predicted molar refractivity (Wildman–Crippen MR) is 101 cm³/mol. The van der Waals surface area contributed by atoms with Gasteiger partial charge in [0.1, 0.15) is 11.6 Å². The number of amides is 1. The fourth-order valence-electron chi connectivity index (χ4n) is 2.45. The molecule has 3 rings (SSSR count). The number of rotatable bonds is 5. The monoisotopic (exact) mass is 431 g/mol. The average Bonchev–Trinajstić information content (AvgIpc) is 2.65. The molecule has 0 spiro atoms. The molecule has 0 aliphatic heterocycles. The lowest BCUT2D eigenvalue weighted by molar-refractivity contribution is 0.0942. The molecule has 0 aliphatic rings. The highest BCUT2D eigenvalue weighted by Gasteiger charge is 2.18. The molecule has 8 heteroatoms. The van der Waals surface area contributed by atoms with Gasteiger partial charge in [0.05, 0.1) is 0 Å². The molecule has 0 fully saturated rings. The molecule has 3 N–H and O–H groups in total. The molecule has 2 aromatic carbocycles. The molecule has 1 heterocycles. The molecule has 0 atom stereocenters. The molecule has 27 heavy (non-hydrogen) atoms. The highest BCUT2D eigenvalue weighted by Crippen LogP contribution is 2.19. The van der Waals surface area contributed by atoms with Crippen LogP contribution in [0.1, 0.15) is 27.4 Å². The molecule has 6 nitrogen and oxygen atoms in total. The van der Waals surface area contributed by atoms with E-state index in [4.69, 9.17) is 0 Å². The van der Waals surface area contributed by atoms with Crippen molar-refractivity contribution in [3.8, 4) is 5.75 Å². The van der Waals surface area contributed by atoms with Gasteiger partial charge >= 0.3 is 0 Å². The Hall–Kier alpha value is -3.00. The Labute approximate surface area is 162 Å². The van der Waals surface area contributed by atoms with Crippen LogP contribution in [-0.2, 0) is 13.0 Å². The van der Waals surface area contributed by atoms with E-state index in [0.29, 0.717) is 5.56 Å². The topological polar surface area (TPSA) is 95.1 Å². The van der Waals surface area contributed by atoms with Crippen LogP contribution in [0.2, 0.25) is 0 Å². The van der Waals surface area contributed by atoms with Crippen molar-refractivity contribution < 1.29 is 14.3 Å². The lowest BCUT2D eigenvalue weighted by atomic mass is 10.1. The molecule has 1 aromatic heterocycles. The number of aromatic hydroxyl groups is 1. The molecule has 3 aromatic rings. The van der Waals surface area contributed by atoms with Crippen LogP contribution in [0.25, 0.3) is 0 Å². The van der Waals surface area contributed by atoms with Gasteiger partial charge in [0.15, 0.2) is 5.69 Å². The van der Waals surface area contributed by atoms with Gasteiger partial charge in [0.2, 0.25) is 5.75 Å². The lowest BCUT2D eigenvalue weighted by Crippen LogP contribution is -2.27. The van der Waals surface area contributed by atoms with Gasteiger partial charge in [-0.2, -0.15) is 0 Å². The fraction of sp³-hybridized carbons (Fsp3) is 0.105. The average molecular weight is 432 g/mol. The number of benzene rings is 2. The van der Waals surface area contributed by atoms with Crippen molar-refractivity contribution in [3.05, 3.63) is 91.8 Å². The normalized spacial score (nSPS) is 10.6. The Morgan fingerprint density at radius 2 is 1.89 bits per heavy atom. The van der Waals surface area contributed by atoms with Gasteiger partial charge in [0, 0.05) is 17.4 Å². The van der Waals surface area contributed by atoms with Crippen LogP contribution in [0.4, 0.5) is 4.39 Å². The van der Waals surface area contributed by atoms with Crippen molar-refractivity contribution in [3.63, 3.8) is 0 Å². The number of nitrogens with zero attached hydrogens (tertiary/aromatic N) is 1. The quantitative estimate of drug-likeness (QED) is 0.578. The molecule has 1 amide bonds. The van der Waals surface area contributed by atoms with Crippen LogP contribution in [0.3, 0.4) is 0 Å². The summed E-state index contributed by atoms with van der Waals surface area (Å²) in [5.74, 6) is -1.58. The van der Waals surface area contributed by atoms with Gasteiger partial charge in [-0.25, -0.2) is 9.37 Å². The van der Waals surface area contributed by atoms with Crippen molar-refractivity contribution in [2.75, 3.05) is 0 Å². The second-order valence-corrected chi connectivity index (χ2v) is 6.64. The third-order valence-corrected chi connectivity index (χ3v) is 4.61. The standard InChI is InChI=1S/C19H15BrFN3O3/c20-14-4-2-1-3-12(14)9-15-23-16(17(25)19(27)24-15)18(26)22-10-11-5-7-13(21)8-6-11/h1-8,25H,9-10H2,(H,22,26)(H,23,24,27). The molecular formula is C19H15BrFN3O3. The summed E-state index contributed by atoms with van der Waals surface area (Å²) in [5, 5.41) is 12.5. The van der Waals surface area contributed by atoms with Gasteiger partial charge in [-0.05, 0) is 29.3 Å². The molecule has 0 saturated carbocycles. The second kappa shape index (κ2) is 8.13. The van der Waals surface area contributed by atoms with E-state index in [1.807, 2.05) is 24.3 Å². The summed E-state index contributed by atoms with van der Waals surface area (Å²) in [5.41, 5.74) is 0.383. The molecule has 138 valence electrons. The Kier molecular flexibility index (Phi) is 5.66. The van der Waals surface area contributed by atoms with Crippen LogP contribution in [0, 0.1) is 5.82 Å². The van der Waals surface area contributed by atoms with E-state index in [1.165, 1.54) is 24.3 Å². The van der Waals surface area contributed by atoms with E-state index >= 15 is 0 Å². The zero-order valence-corrected chi connectivity index (χ0v) is 15.6. The van der Waals surface area contributed by atoms with Gasteiger partial charge in [-0.15, -0.1) is 0 Å². The van der Waals surface area contributed by atoms with E-state index in [0.717, 1.165) is 10.0 Å². The lowest BCUT2D eigenvalue weighted by Gasteiger charge is -2.09. The zero-order valence-electron chi connectivity index (χ0n) is 14.0. The highest BCUT2D eigenvalue weighted by atomic mass is 79.9. The van der Waals surface area contributed by atoms with Crippen LogP contribution >= 0.6 is 15.9 Å². The Morgan fingerprint density at radius 1 is 1.19 bits per heavy atom. The molecule has 0 aliphatic carbocycles. The van der Waals surface area contributed by atoms with Gasteiger partial charge in [0.25, 0.3) is 11.5 Å². The van der Waals surface area contributed by atoms with E-state index in [2.05, 4.69) is 31.2 Å². The first kappa shape index (κ1) is 18.8. The molecular weight excluding hydrogens is 417 g/mol. The van der Waals surface area contributed by atoms with Crippen molar-refractivity contribution in [2.45, 2.75) is 13.0 Å². The molecule has 0 bridgehead atoms. The van der Waals surface area contributed by atoms with E-state index in [-0.39, 0.29) is 30.3 Å². The highest BCUT2D eigenvalue weighted by molar-refractivity contribution is 9.10. The Balaban J connectivity index is 1.80. The van der Waals surface area contributed by atoms with E-state index < -0.39 is 17.2 Å². The largest absolute Gasteiger partial charge is 0.501 e. The molecule has 0 radical (unpaired) electrons. The number of aromatic amines is 1. The number of halogens is 2. The summed E-state index contributed by atoms with van der Waals surface area (Å²) in [4.78, 5) is 30.9. The first-order valence-electron chi connectivity index (χ1n) is 8.02. The number of carbonyl (C=O) groups is 1. The summed E-state index contributed by atoms with van der Waals surface area (Å²) < 4.78 is 13.8. The summed E-state index contributed by atoms with van der Waals surface area (Å²) in [6, 6.07) is 13.0. The minimum Gasteiger partial charge on any atom is -0.501 e. The minimum absolute atomic E-state index is 0.104. The van der Waals surface area contributed by atoms with Crippen molar-refractivity contribution >= 4 is 21.8 Å². The summed E-state index contributed by atoms with van der Waals surface area (Å²) >= 11 is 3.41. The minimum atomic E-state index is -0.793. The number of carbonyl (C=O) groups excluding carboxylic acids is 1. The number of aromatic nitrogens is 2. The van der Waals surface area contributed by atoms with Gasteiger partial charge in [-0.3, -0.25) is 9.59 Å². The first-order valence-corrected chi connectivity index (χ1v) is 8.81. The molecule has 0 unspecified atom stereocenters. The number of nitrogens with one attached hydrogen (secondary N) is 2. The van der Waals surface area contributed by atoms with Crippen molar-refractivity contribution in [1.82, 2.24) is 15.3 Å². The predicted octanol–water partition coefficient (Wildman–Crippen LogP) is 2.90. The maximum Gasteiger partial charge on any atom is 0.293 e. The maximum absolute atomic E-state index is 12.9. The number of hydrogen-bond acceptors (Lipinski definition) is 4. The molecule has 0 saturated heterocycles. The number of H-pyrrole nitrogens is 1. The Bertz CT molecular complexity index is 1040. The Morgan fingerprint density at radius 3 is 2.59 bits per heavy atom. The van der Waals surface area contributed by atoms with Crippen LogP contribution in [-0.4, -0.2) is 21.0 Å². The van der Waals surface area contributed by atoms with Gasteiger partial charge < -0.3 is 15.4 Å². The third-order valence-electron chi connectivity index (χ3n) is 3.84. The second-order valence-electron chi connectivity index (χ2n) is 5.79. The van der Waals surface area contributed by atoms with Crippen LogP contribution < -0.4 is 10.9 Å². The fourth-order valence-corrected chi connectivity index (χ4v) is 2.87. The SMILES string of the molecule is O=C(NCc1ccc(F)cc1)c1nc(Cc2ccccc2Br)[nH]c(=O)c1O.